The van der Waals surface area contributed by atoms with Gasteiger partial charge < -0.3 is 4.74 Å². The molecule has 0 fully saturated rings. The lowest BCUT2D eigenvalue weighted by molar-refractivity contribution is -0.129. The first kappa shape index (κ1) is 25.2. The number of benzene rings is 2. The highest BCUT2D eigenvalue weighted by Crippen LogP contribution is 2.30. The third-order valence-corrected chi connectivity index (χ3v) is 6.84. The minimum atomic E-state index is -0.449. The van der Waals surface area contributed by atoms with Crippen LogP contribution in [-0.4, -0.2) is 37.5 Å². The van der Waals surface area contributed by atoms with E-state index in [0.29, 0.717) is 40.4 Å². The van der Waals surface area contributed by atoms with E-state index in [-0.39, 0.29) is 17.7 Å². The summed E-state index contributed by atoms with van der Waals surface area (Å²) in [6.45, 7) is 0.343. The number of carbonyl (C=O) groups is 1. The van der Waals surface area contributed by atoms with Crippen LogP contribution < -0.4 is 15.8 Å². The van der Waals surface area contributed by atoms with Crippen molar-refractivity contribution in [1.82, 2.24) is 25.2 Å². The highest BCUT2D eigenvalue weighted by molar-refractivity contribution is 7.13. The Hall–Kier alpha value is -4.46. The van der Waals surface area contributed by atoms with Gasteiger partial charge in [-0.3, -0.25) is 19.9 Å². The van der Waals surface area contributed by atoms with Crippen LogP contribution in [0.4, 0.5) is 10.8 Å². The summed E-state index contributed by atoms with van der Waals surface area (Å²) in [6, 6.07) is 16.8. The molecule has 0 bridgehead atoms. The van der Waals surface area contributed by atoms with Gasteiger partial charge in [0, 0.05) is 34.5 Å². The molecular weight excluding hydrogens is 526 g/mol. The number of hydroxylamine groups is 1. The smallest absolute Gasteiger partial charge is 0.301 e. The van der Waals surface area contributed by atoms with E-state index in [1.807, 2.05) is 60.0 Å². The van der Waals surface area contributed by atoms with E-state index in [1.165, 1.54) is 27.4 Å². The fourth-order valence-corrected chi connectivity index (χ4v) is 4.76. The number of nitrogens with one attached hydrogen (secondary N) is 2. The number of thiazole rings is 2. The summed E-state index contributed by atoms with van der Waals surface area (Å²) in [7, 11) is 0. The maximum absolute atomic E-state index is 13.4. The maximum atomic E-state index is 13.4. The third kappa shape index (κ3) is 5.75. The minimum Gasteiger partial charge on any atom is -0.494 e. The zero-order chi connectivity index (χ0) is 26.3. The first-order valence-electron chi connectivity index (χ1n) is 11.5. The van der Waals surface area contributed by atoms with Crippen molar-refractivity contribution in [3.05, 3.63) is 81.9 Å². The summed E-state index contributed by atoms with van der Waals surface area (Å²) in [5, 5.41) is 24.6. The number of carbonyl (C=O) groups excluding carboxylic acids is 1. The zero-order valence-electron chi connectivity index (χ0n) is 19.8. The van der Waals surface area contributed by atoms with E-state index in [0.717, 1.165) is 11.1 Å². The fraction of sp³-hybridized carbons (Fsp3) is 0.120. The molecule has 5 rings (SSSR count). The molecule has 0 saturated carbocycles. The van der Waals surface area contributed by atoms with Gasteiger partial charge in [-0.15, -0.1) is 32.9 Å². The van der Waals surface area contributed by atoms with Crippen molar-refractivity contribution >= 4 is 39.4 Å². The fourth-order valence-electron chi connectivity index (χ4n) is 3.52. The number of ether oxygens (including phenoxy) is 1. The predicted octanol–water partition coefficient (Wildman–Crippen LogP) is 5.49. The second-order valence-electron chi connectivity index (χ2n) is 7.88. The lowest BCUT2D eigenvalue weighted by Gasteiger charge is -2.06. The van der Waals surface area contributed by atoms with Crippen molar-refractivity contribution in [3.63, 3.8) is 0 Å². The molecule has 0 atom stereocenters. The number of H-pyrrole nitrogens is 1. The predicted molar refractivity (Wildman–Crippen MR) is 144 cm³/mol. The first-order valence-corrected chi connectivity index (χ1v) is 13.2. The number of nitrogens with zero attached hydrogens (tertiary/aromatic N) is 5. The van der Waals surface area contributed by atoms with Gasteiger partial charge in [0.1, 0.15) is 5.75 Å². The molecule has 3 N–H and O–H groups in total. The van der Waals surface area contributed by atoms with E-state index in [4.69, 9.17) is 9.94 Å². The van der Waals surface area contributed by atoms with Crippen molar-refractivity contribution in [2.45, 2.75) is 12.8 Å². The van der Waals surface area contributed by atoms with E-state index in [2.05, 4.69) is 25.3 Å². The van der Waals surface area contributed by atoms with Crippen molar-refractivity contribution in [1.29, 1.82) is 0 Å². The van der Waals surface area contributed by atoms with E-state index >= 15 is 0 Å². The molecule has 0 saturated heterocycles. The van der Waals surface area contributed by atoms with Gasteiger partial charge in [-0.05, 0) is 30.7 Å². The van der Waals surface area contributed by atoms with Gasteiger partial charge in [0.2, 0.25) is 16.2 Å². The number of aromatic amines is 1. The number of azo groups is 1. The number of hydrogen-bond donors (Lipinski definition) is 3. The molecule has 0 unspecified atom stereocenters. The molecule has 0 aliphatic carbocycles. The van der Waals surface area contributed by atoms with Gasteiger partial charge in [-0.25, -0.2) is 15.4 Å². The van der Waals surface area contributed by atoms with E-state index in [9.17, 15) is 9.59 Å². The molecule has 3 aromatic heterocycles. The Labute approximate surface area is 224 Å². The molecule has 0 spiro atoms. The summed E-state index contributed by atoms with van der Waals surface area (Å²) in [4.78, 5) is 33.2. The van der Waals surface area contributed by atoms with Crippen LogP contribution >= 0.6 is 22.7 Å². The summed E-state index contributed by atoms with van der Waals surface area (Å²) < 4.78 is 7.00. The quantitative estimate of drug-likeness (QED) is 0.0911. The van der Waals surface area contributed by atoms with Crippen LogP contribution in [0, 0.1) is 0 Å². The van der Waals surface area contributed by atoms with Crippen molar-refractivity contribution in [2.75, 3.05) is 6.61 Å². The average Bonchev–Trinajstić information content (AvgIpc) is 3.71. The molecule has 0 radical (unpaired) electrons. The first-order chi connectivity index (χ1) is 18.6. The molecule has 2 aromatic carbocycles. The van der Waals surface area contributed by atoms with Gasteiger partial charge in [0.25, 0.3) is 0 Å². The highest BCUT2D eigenvalue weighted by Gasteiger charge is 2.19. The van der Waals surface area contributed by atoms with Crippen LogP contribution in [0.3, 0.4) is 0 Å². The van der Waals surface area contributed by atoms with Crippen LogP contribution in [0.5, 0.6) is 5.75 Å². The lowest BCUT2D eigenvalue weighted by atomic mass is 10.1. The molecule has 1 amide bonds. The minimum absolute atomic E-state index is 0.168. The number of amides is 1. The standard InChI is InChI=1S/C25H21N7O4S2/c33-20(31-35)7-4-13-36-18-10-8-16(9-11-18)19-15-38-25(27-19)32-23(34)22(28-29-24-26-12-14-37-24)21(30-32)17-5-2-1-3-6-17/h1-3,5-6,8-12,14-15,30,35H,4,7,13H2,(H,31,33). The molecule has 38 heavy (non-hydrogen) atoms. The van der Waals surface area contributed by atoms with E-state index in [1.54, 1.807) is 17.1 Å². The Balaban J connectivity index is 1.38. The van der Waals surface area contributed by atoms with Crippen LogP contribution in [0.2, 0.25) is 0 Å². The van der Waals surface area contributed by atoms with Gasteiger partial charge in [0.15, 0.2) is 5.69 Å². The van der Waals surface area contributed by atoms with Gasteiger partial charge in [0.05, 0.1) is 18.0 Å². The molecule has 0 aliphatic rings. The van der Waals surface area contributed by atoms with Gasteiger partial charge in [-0.1, -0.05) is 30.3 Å². The Morgan fingerprint density at radius 2 is 1.89 bits per heavy atom. The number of aromatic nitrogens is 4. The Morgan fingerprint density at radius 3 is 2.63 bits per heavy atom. The molecule has 5 aromatic rings. The molecular formula is C25H21N7O4S2. The average molecular weight is 548 g/mol. The molecule has 0 aliphatic heterocycles. The van der Waals surface area contributed by atoms with Crippen molar-refractivity contribution < 1.29 is 14.7 Å². The van der Waals surface area contributed by atoms with Gasteiger partial charge >= 0.3 is 5.56 Å². The Kier molecular flexibility index (Phi) is 7.78. The van der Waals surface area contributed by atoms with Crippen molar-refractivity contribution in [3.8, 4) is 33.4 Å². The molecule has 192 valence electrons. The summed E-state index contributed by atoms with van der Waals surface area (Å²) in [6.07, 6.45) is 2.28. The highest BCUT2D eigenvalue weighted by atomic mass is 32.1. The normalized spacial score (nSPS) is 11.2. The second kappa shape index (κ2) is 11.7. The Bertz CT molecular complexity index is 1590. The van der Waals surface area contributed by atoms with E-state index < -0.39 is 5.91 Å². The topological polar surface area (TPSA) is 147 Å². The third-order valence-electron chi connectivity index (χ3n) is 5.36. The van der Waals surface area contributed by atoms with Crippen LogP contribution in [0.25, 0.3) is 27.6 Å². The summed E-state index contributed by atoms with van der Waals surface area (Å²) in [5.41, 5.74) is 4.27. The molecule has 11 nitrogen and oxygen atoms in total. The zero-order valence-corrected chi connectivity index (χ0v) is 21.4. The van der Waals surface area contributed by atoms with Crippen molar-refractivity contribution in [2.24, 2.45) is 10.2 Å². The summed E-state index contributed by atoms with van der Waals surface area (Å²) in [5.74, 6) is 0.201. The maximum Gasteiger partial charge on any atom is 0.301 e. The van der Waals surface area contributed by atoms with Crippen LogP contribution in [0.1, 0.15) is 12.8 Å². The second-order valence-corrected chi connectivity index (χ2v) is 9.59. The van der Waals surface area contributed by atoms with Gasteiger partial charge in [-0.2, -0.15) is 4.68 Å². The van der Waals surface area contributed by atoms with Crippen LogP contribution in [-0.2, 0) is 4.79 Å². The largest absolute Gasteiger partial charge is 0.494 e. The lowest BCUT2D eigenvalue weighted by Crippen LogP contribution is -2.18. The SMILES string of the molecule is O=C(CCCOc1ccc(-c2csc(-n3[nH]c(-c4ccccc4)c(N=Nc4nccs4)c3=O)n2)cc1)NO. The molecule has 13 heteroatoms. The molecule has 3 heterocycles. The number of hydrogen-bond acceptors (Lipinski definition) is 10. The number of rotatable bonds is 10. The summed E-state index contributed by atoms with van der Waals surface area (Å²) >= 11 is 2.65. The monoisotopic (exact) mass is 547 g/mol. The Morgan fingerprint density at radius 1 is 1.08 bits per heavy atom. The van der Waals surface area contributed by atoms with Crippen LogP contribution in [0.15, 0.2) is 86.6 Å².